The molecule has 2 heterocycles. The van der Waals surface area contributed by atoms with Crippen LogP contribution in [0.5, 0.6) is 28.9 Å². The molecule has 0 spiro atoms. The number of para-hydroxylation sites is 2. The molecule has 0 amide bonds. The third kappa shape index (κ3) is 17.8. The molecular weight excluding hydrogens is 917 g/mol. The average Bonchev–Trinajstić information content (AvgIpc) is 3.29. The summed E-state index contributed by atoms with van der Waals surface area (Å²) >= 11 is 0. The first-order valence-corrected chi connectivity index (χ1v) is 21.3. The van der Waals surface area contributed by atoms with Crippen molar-refractivity contribution in [1.82, 2.24) is 15.0 Å². The van der Waals surface area contributed by atoms with E-state index in [2.05, 4.69) is 29.3 Å². The number of benzene rings is 2. The predicted octanol–water partition coefficient (Wildman–Crippen LogP) is 4.95. The van der Waals surface area contributed by atoms with Crippen molar-refractivity contribution < 1.29 is 85.2 Å². The van der Waals surface area contributed by atoms with Crippen molar-refractivity contribution in [1.29, 1.82) is 0 Å². The van der Waals surface area contributed by atoms with Crippen LogP contribution in [0.25, 0.3) is 11.4 Å². The highest BCUT2D eigenvalue weighted by Crippen LogP contribution is 2.42. The first kappa shape index (κ1) is 52.1. The summed E-state index contributed by atoms with van der Waals surface area (Å²) in [5.74, 6) is -0.595. The minimum atomic E-state index is -4.52. The van der Waals surface area contributed by atoms with Crippen LogP contribution in [0.15, 0.2) is 71.9 Å². The van der Waals surface area contributed by atoms with Crippen LogP contribution in [0.1, 0.15) is 26.3 Å². The Hall–Kier alpha value is -7.52. The van der Waals surface area contributed by atoms with Gasteiger partial charge in [-0.15, -0.1) is 20.2 Å². The smallest absolute Gasteiger partial charge is 0.497 e. The summed E-state index contributed by atoms with van der Waals surface area (Å²) in [5, 5.41) is 18.3. The molecule has 0 fully saturated rings. The molecule has 0 aliphatic rings. The van der Waals surface area contributed by atoms with Gasteiger partial charge in [0.2, 0.25) is 5.75 Å². The Morgan fingerprint density at radius 2 is 1.34 bits per heavy atom. The van der Waals surface area contributed by atoms with E-state index in [1.165, 1.54) is 32.5 Å². The number of ether oxygens (including phenoxy) is 10. The Kier molecular flexibility index (Phi) is 20.1. The van der Waals surface area contributed by atoms with Crippen LogP contribution in [-0.2, 0) is 53.5 Å². The van der Waals surface area contributed by atoms with Crippen molar-refractivity contribution in [2.24, 2.45) is 0 Å². The topological polar surface area (TPSA) is 316 Å². The Bertz CT molecular complexity index is 2350. The van der Waals surface area contributed by atoms with Crippen LogP contribution < -0.4 is 23.7 Å². The molecule has 0 saturated heterocycles. The summed E-state index contributed by atoms with van der Waals surface area (Å²) in [5.41, 5.74) is 0.783. The third-order valence-electron chi connectivity index (χ3n) is 8.37. The van der Waals surface area contributed by atoms with E-state index in [-0.39, 0.29) is 80.6 Å². The molecule has 67 heavy (non-hydrogen) atoms. The lowest BCUT2D eigenvalue weighted by Crippen LogP contribution is -2.32. The number of nitrogens with one attached hydrogen (secondary N) is 1. The molecule has 2 aromatic carbocycles. The van der Waals surface area contributed by atoms with Gasteiger partial charge < -0.3 is 57.0 Å². The van der Waals surface area contributed by atoms with Gasteiger partial charge in [0.1, 0.15) is 45.4 Å². The van der Waals surface area contributed by atoms with E-state index in [9.17, 15) is 38.2 Å². The molecule has 0 aliphatic heterocycles. The molecule has 2 aromatic heterocycles. The second kappa shape index (κ2) is 25.8. The van der Waals surface area contributed by atoms with Gasteiger partial charge in [-0.2, -0.15) is 13.4 Å². The molecule has 4 aromatic rings. The lowest BCUT2D eigenvalue weighted by Gasteiger charge is -2.21. The lowest BCUT2D eigenvalue weighted by molar-refractivity contribution is -0.758. The summed E-state index contributed by atoms with van der Waals surface area (Å²) in [6.07, 6.45) is -2.61. The van der Waals surface area contributed by atoms with Crippen LogP contribution >= 0.6 is 0 Å². The van der Waals surface area contributed by atoms with Crippen LogP contribution in [-0.4, -0.2) is 132 Å². The Balaban J connectivity index is 1.68. The Morgan fingerprint density at radius 1 is 0.731 bits per heavy atom. The molecule has 1 atom stereocenters. The maximum Gasteiger partial charge on any atom is 0.508 e. The summed E-state index contributed by atoms with van der Waals surface area (Å²) in [4.78, 5) is 67.6. The number of sulfonamides is 1. The summed E-state index contributed by atoms with van der Waals surface area (Å²) in [6, 6.07) is 15.7. The fourth-order valence-corrected chi connectivity index (χ4v) is 6.04. The number of carbonyl (C=O) groups is 2. The van der Waals surface area contributed by atoms with Gasteiger partial charge in [0.05, 0.1) is 40.6 Å². The minimum absolute atomic E-state index is 0.0626. The van der Waals surface area contributed by atoms with E-state index in [4.69, 9.17) is 47.4 Å². The quantitative estimate of drug-likeness (QED) is 0.0340. The second-order valence-electron chi connectivity index (χ2n) is 14.1. The molecule has 27 heteroatoms. The normalized spacial score (nSPS) is 11.6. The molecule has 4 rings (SSSR count). The summed E-state index contributed by atoms with van der Waals surface area (Å²) in [7, 11) is -1.67. The molecule has 0 radical (unpaired) electrons. The van der Waals surface area contributed by atoms with Crippen molar-refractivity contribution in [3.63, 3.8) is 0 Å². The fourth-order valence-electron chi connectivity index (χ4n) is 5.11. The number of methoxy groups -OCH3 is 2. The molecule has 0 bridgehead atoms. The molecule has 26 nitrogen and oxygen atoms in total. The Labute approximate surface area is 382 Å². The van der Waals surface area contributed by atoms with Gasteiger partial charge in [-0.05, 0) is 53.4 Å². The zero-order valence-corrected chi connectivity index (χ0v) is 37.6. The van der Waals surface area contributed by atoms with Crippen molar-refractivity contribution >= 4 is 28.2 Å². The monoisotopic (exact) mass is 964 g/mol. The van der Waals surface area contributed by atoms with E-state index in [0.29, 0.717) is 11.3 Å². The van der Waals surface area contributed by atoms with Crippen molar-refractivity contribution in [2.75, 3.05) is 85.0 Å². The SMILES string of the molecule is COc1ccc(-c2nc(NS(=O)(=O)c3ccc(C(C)(C)C)cn3)c(Oc3ccccc3OC)c(OCC(COC(=O)OCCOCCO[N+](=O)[O-])OC(=O)OCCOCCO[N+](=O)[O-])n2)cc1. The maximum atomic E-state index is 14.0. The molecular formula is C40H48N6O20S. The molecule has 0 aliphatic carbocycles. The molecule has 0 saturated carbocycles. The molecule has 1 unspecified atom stereocenters. The van der Waals surface area contributed by atoms with Gasteiger partial charge in [-0.1, -0.05) is 39.0 Å². The standard InChI is InChI=1S/C40H48N6O20S/c1-40(2,3)28-12-15-33(41-24-28)67(53,54)44-36-34(66-32-9-7-6-8-31(32)56-5)37(43-35(42-36)27-10-13-29(55-4)14-11-27)61-25-30(65-39(48)60-21-17-58-19-23-64-46(51)52)26-62-38(47)59-20-16-57-18-22-63-45(49)50/h6-15,24,30H,16-23,25-26H2,1-5H3,(H,42,43,44). The number of nitrogens with zero attached hydrogens (tertiary/aromatic N) is 5. The second-order valence-corrected chi connectivity index (χ2v) is 15.8. The molecule has 1 N–H and O–H groups in total. The van der Waals surface area contributed by atoms with E-state index < -0.39 is 69.3 Å². The fraction of sp³-hybridized carbons (Fsp3) is 0.425. The van der Waals surface area contributed by atoms with Crippen molar-refractivity contribution in [3.05, 3.63) is 92.7 Å². The first-order valence-electron chi connectivity index (χ1n) is 19.8. The van der Waals surface area contributed by atoms with E-state index in [1.807, 2.05) is 20.8 Å². The van der Waals surface area contributed by atoms with Crippen LogP contribution in [0, 0.1) is 20.2 Å². The van der Waals surface area contributed by atoms with Gasteiger partial charge in [-0.25, -0.2) is 19.6 Å². The lowest BCUT2D eigenvalue weighted by atomic mass is 9.88. The molecule has 364 valence electrons. The van der Waals surface area contributed by atoms with Gasteiger partial charge in [0, 0.05) is 11.8 Å². The van der Waals surface area contributed by atoms with Crippen LogP contribution in [0.4, 0.5) is 15.4 Å². The summed E-state index contributed by atoms with van der Waals surface area (Å²) in [6.45, 7) is 2.19. The first-order chi connectivity index (χ1) is 32.0. The highest BCUT2D eigenvalue weighted by atomic mass is 32.2. The number of pyridine rings is 1. The third-order valence-corrected chi connectivity index (χ3v) is 9.63. The number of carbonyl (C=O) groups excluding carboxylic acids is 2. The van der Waals surface area contributed by atoms with Crippen molar-refractivity contribution in [3.8, 4) is 40.3 Å². The average molecular weight is 965 g/mol. The van der Waals surface area contributed by atoms with Gasteiger partial charge in [0.25, 0.3) is 26.1 Å². The Morgan fingerprint density at radius 3 is 1.91 bits per heavy atom. The number of anilines is 1. The highest BCUT2D eigenvalue weighted by Gasteiger charge is 2.28. The number of rotatable bonds is 28. The van der Waals surface area contributed by atoms with Crippen molar-refractivity contribution in [2.45, 2.75) is 37.3 Å². The highest BCUT2D eigenvalue weighted by molar-refractivity contribution is 7.92. The summed E-state index contributed by atoms with van der Waals surface area (Å²) < 4.78 is 84.4. The number of hydrogen-bond acceptors (Lipinski definition) is 23. The number of hydrogen-bond donors (Lipinski definition) is 1. The zero-order chi connectivity index (χ0) is 48.8. The van der Waals surface area contributed by atoms with Crippen LogP contribution in [0.2, 0.25) is 0 Å². The minimum Gasteiger partial charge on any atom is -0.497 e. The van der Waals surface area contributed by atoms with Gasteiger partial charge in [0.15, 0.2) is 34.3 Å². The van der Waals surface area contributed by atoms with Crippen LogP contribution in [0.3, 0.4) is 0 Å². The maximum absolute atomic E-state index is 14.0. The number of aromatic nitrogens is 3. The van der Waals surface area contributed by atoms with Gasteiger partial charge >= 0.3 is 12.3 Å². The largest absolute Gasteiger partial charge is 0.508 e. The zero-order valence-electron chi connectivity index (χ0n) is 36.8. The van der Waals surface area contributed by atoms with Gasteiger partial charge in [-0.3, -0.25) is 4.72 Å². The van der Waals surface area contributed by atoms with E-state index >= 15 is 0 Å². The predicted molar refractivity (Wildman–Crippen MR) is 227 cm³/mol. The van der Waals surface area contributed by atoms with E-state index in [1.54, 1.807) is 48.5 Å². The van der Waals surface area contributed by atoms with E-state index in [0.717, 1.165) is 5.56 Å².